The van der Waals surface area contributed by atoms with Crippen LogP contribution in [0.15, 0.2) is 93.8 Å². The van der Waals surface area contributed by atoms with E-state index in [1.165, 1.54) is 0 Å². The third kappa shape index (κ3) is 4.34. The monoisotopic (exact) mass is 460 g/mol. The molecule has 3 aromatic carbocycles. The normalized spacial score (nSPS) is 11.5. The summed E-state index contributed by atoms with van der Waals surface area (Å²) in [6.45, 7) is -0.318. The van der Waals surface area contributed by atoms with E-state index in [9.17, 15) is 5.11 Å². The van der Waals surface area contributed by atoms with Gasteiger partial charge in [-0.1, -0.05) is 48.0 Å². The molecule has 5 aromatic rings. The second-order valence-electron chi connectivity index (χ2n) is 7.16. The lowest BCUT2D eigenvalue weighted by molar-refractivity contribution is -0.0162. The van der Waals surface area contributed by atoms with Crippen LogP contribution in [0, 0.1) is 0 Å². The summed E-state index contributed by atoms with van der Waals surface area (Å²) < 4.78 is 17.4. The van der Waals surface area contributed by atoms with Crippen molar-refractivity contribution in [2.45, 2.75) is 5.60 Å². The number of aromatic nitrogens is 4. The lowest BCUT2D eigenvalue weighted by atomic mass is 10.1. The predicted molar refractivity (Wildman–Crippen MR) is 119 cm³/mol. The molecule has 0 unspecified atom stereocenters. The molecule has 1 N–H and O–H groups in total. The SMILES string of the molecule is OC(COc1ccc(Cl)cc1)(c1nnc(-c2ccccc2)o1)c1nnc(-c2ccccc2)o1. The Morgan fingerprint density at radius 3 is 1.67 bits per heavy atom. The highest BCUT2D eigenvalue weighted by atomic mass is 35.5. The van der Waals surface area contributed by atoms with Gasteiger partial charge in [0, 0.05) is 16.1 Å². The molecule has 0 saturated heterocycles. The van der Waals surface area contributed by atoms with Crippen LogP contribution >= 0.6 is 11.6 Å². The zero-order valence-electron chi connectivity index (χ0n) is 17.1. The van der Waals surface area contributed by atoms with Gasteiger partial charge in [0.1, 0.15) is 12.4 Å². The van der Waals surface area contributed by atoms with E-state index in [0.29, 0.717) is 21.9 Å². The molecule has 0 saturated carbocycles. The fraction of sp³-hybridized carbons (Fsp3) is 0.0833. The fourth-order valence-electron chi connectivity index (χ4n) is 3.11. The minimum absolute atomic E-state index is 0.140. The van der Waals surface area contributed by atoms with Gasteiger partial charge in [-0.15, -0.1) is 20.4 Å². The van der Waals surface area contributed by atoms with E-state index in [1.807, 2.05) is 60.7 Å². The molecule has 2 aromatic heterocycles. The van der Waals surface area contributed by atoms with Gasteiger partial charge >= 0.3 is 0 Å². The van der Waals surface area contributed by atoms with Crippen LogP contribution in [-0.2, 0) is 5.60 Å². The average Bonchev–Trinajstić information content (AvgIpc) is 3.56. The molecule has 0 aliphatic carbocycles. The first-order valence-corrected chi connectivity index (χ1v) is 10.4. The Bertz CT molecular complexity index is 1260. The van der Waals surface area contributed by atoms with Crippen LogP contribution in [0.1, 0.15) is 11.8 Å². The lowest BCUT2D eigenvalue weighted by Gasteiger charge is -2.20. The number of aliphatic hydroxyl groups is 1. The van der Waals surface area contributed by atoms with Crippen LogP contribution in [0.2, 0.25) is 5.02 Å². The molecule has 0 aliphatic heterocycles. The molecule has 0 fully saturated rings. The molecular weight excluding hydrogens is 444 g/mol. The van der Waals surface area contributed by atoms with E-state index in [0.717, 1.165) is 0 Å². The third-order valence-corrected chi connectivity index (χ3v) is 5.11. The Labute approximate surface area is 193 Å². The molecule has 8 nitrogen and oxygen atoms in total. The first-order valence-electron chi connectivity index (χ1n) is 10.0. The van der Waals surface area contributed by atoms with Crippen molar-refractivity contribution >= 4 is 11.6 Å². The molecule has 9 heteroatoms. The van der Waals surface area contributed by atoms with Crippen molar-refractivity contribution in [1.82, 2.24) is 20.4 Å². The topological polar surface area (TPSA) is 107 Å². The number of halogens is 1. The van der Waals surface area contributed by atoms with Crippen LogP contribution in [0.25, 0.3) is 22.9 Å². The average molecular weight is 461 g/mol. The lowest BCUT2D eigenvalue weighted by Crippen LogP contribution is -2.35. The number of nitrogens with zero attached hydrogens (tertiary/aromatic N) is 4. The van der Waals surface area contributed by atoms with Crippen molar-refractivity contribution in [3.8, 4) is 28.7 Å². The highest BCUT2D eigenvalue weighted by Crippen LogP contribution is 2.33. The summed E-state index contributed by atoms with van der Waals surface area (Å²) in [5.41, 5.74) is -0.597. The van der Waals surface area contributed by atoms with Crippen LogP contribution in [0.4, 0.5) is 0 Å². The van der Waals surface area contributed by atoms with Crippen molar-refractivity contribution < 1.29 is 18.7 Å². The van der Waals surface area contributed by atoms with E-state index in [1.54, 1.807) is 24.3 Å². The number of hydrogen-bond donors (Lipinski definition) is 1. The Morgan fingerprint density at radius 2 is 1.18 bits per heavy atom. The summed E-state index contributed by atoms with van der Waals surface area (Å²) in [4.78, 5) is 0. The molecule has 0 bridgehead atoms. The number of hydrogen-bond acceptors (Lipinski definition) is 8. The number of rotatable bonds is 7. The molecule has 0 radical (unpaired) electrons. The van der Waals surface area contributed by atoms with Gasteiger partial charge in [-0.3, -0.25) is 0 Å². The number of ether oxygens (including phenoxy) is 1. The number of benzene rings is 3. The highest BCUT2D eigenvalue weighted by Gasteiger charge is 2.45. The maximum atomic E-state index is 11.6. The standard InChI is InChI=1S/C24H17ClN4O4/c25-18-11-13-19(14-12-18)31-15-24(30,22-28-26-20(32-22)16-7-3-1-4-8-16)23-29-27-21(33-23)17-9-5-2-6-10-17/h1-14,30H,15H2. The van der Waals surface area contributed by atoms with E-state index in [4.69, 9.17) is 25.2 Å². The van der Waals surface area contributed by atoms with Gasteiger partial charge in [0.05, 0.1) is 0 Å². The fourth-order valence-corrected chi connectivity index (χ4v) is 3.24. The summed E-state index contributed by atoms with van der Waals surface area (Å²) in [5.74, 6) is 0.664. The second kappa shape index (κ2) is 8.85. The molecule has 0 aliphatic rings. The zero-order valence-corrected chi connectivity index (χ0v) is 17.9. The van der Waals surface area contributed by atoms with Gasteiger partial charge < -0.3 is 18.7 Å². The first kappa shape index (κ1) is 20.9. The van der Waals surface area contributed by atoms with Gasteiger partial charge in [0.15, 0.2) is 0 Å². The molecular formula is C24H17ClN4O4. The molecule has 5 rings (SSSR count). The van der Waals surface area contributed by atoms with Crippen molar-refractivity contribution in [1.29, 1.82) is 0 Å². The smallest absolute Gasteiger partial charge is 0.261 e. The minimum atomic E-state index is -2.00. The van der Waals surface area contributed by atoms with Crippen molar-refractivity contribution in [2.75, 3.05) is 6.61 Å². The molecule has 164 valence electrons. The highest BCUT2D eigenvalue weighted by molar-refractivity contribution is 6.30. The molecule has 33 heavy (non-hydrogen) atoms. The minimum Gasteiger partial charge on any atom is -0.489 e. The van der Waals surface area contributed by atoms with E-state index in [2.05, 4.69) is 20.4 Å². The summed E-state index contributed by atoms with van der Waals surface area (Å²) in [5, 5.41) is 28.5. The largest absolute Gasteiger partial charge is 0.489 e. The van der Waals surface area contributed by atoms with Gasteiger partial charge in [-0.05, 0) is 48.5 Å². The molecule has 2 heterocycles. The van der Waals surface area contributed by atoms with Crippen LogP contribution in [0.3, 0.4) is 0 Å². The van der Waals surface area contributed by atoms with Crippen molar-refractivity contribution in [2.24, 2.45) is 0 Å². The Hall–Kier alpha value is -4.01. The zero-order chi connectivity index (χ0) is 22.7. The summed E-state index contributed by atoms with van der Waals surface area (Å²) >= 11 is 5.94. The maximum absolute atomic E-state index is 11.6. The van der Waals surface area contributed by atoms with Crippen LogP contribution in [-0.4, -0.2) is 32.1 Å². The van der Waals surface area contributed by atoms with Gasteiger partial charge in [0.25, 0.3) is 17.4 Å². The summed E-state index contributed by atoms with van der Waals surface area (Å²) in [6.07, 6.45) is 0. The Kier molecular flexibility index (Phi) is 5.60. The van der Waals surface area contributed by atoms with Crippen molar-refractivity contribution in [3.63, 3.8) is 0 Å². The quantitative estimate of drug-likeness (QED) is 0.370. The molecule has 0 spiro atoms. The van der Waals surface area contributed by atoms with Gasteiger partial charge in [-0.2, -0.15) is 0 Å². The first-order chi connectivity index (χ1) is 16.1. The molecule has 0 amide bonds. The Balaban J connectivity index is 1.51. The van der Waals surface area contributed by atoms with E-state index < -0.39 is 5.60 Å². The molecule has 0 atom stereocenters. The van der Waals surface area contributed by atoms with Crippen molar-refractivity contribution in [3.05, 3.63) is 102 Å². The van der Waals surface area contributed by atoms with Gasteiger partial charge in [-0.25, -0.2) is 0 Å². The van der Waals surface area contributed by atoms with Gasteiger partial charge in [0.2, 0.25) is 11.8 Å². The summed E-state index contributed by atoms with van der Waals surface area (Å²) in [7, 11) is 0. The Morgan fingerprint density at radius 1 is 0.697 bits per heavy atom. The van der Waals surface area contributed by atoms with E-state index in [-0.39, 0.29) is 30.2 Å². The van der Waals surface area contributed by atoms with E-state index >= 15 is 0 Å². The van der Waals surface area contributed by atoms with Crippen LogP contribution < -0.4 is 4.74 Å². The maximum Gasteiger partial charge on any atom is 0.261 e. The summed E-state index contributed by atoms with van der Waals surface area (Å²) in [6, 6.07) is 25.1. The van der Waals surface area contributed by atoms with Crippen LogP contribution in [0.5, 0.6) is 5.75 Å². The third-order valence-electron chi connectivity index (χ3n) is 4.86. The predicted octanol–water partition coefficient (Wildman–Crippen LogP) is 4.75. The second-order valence-corrected chi connectivity index (χ2v) is 7.60.